The Morgan fingerprint density at radius 3 is 2.41 bits per heavy atom. The second kappa shape index (κ2) is 4.82. The van der Waals surface area contributed by atoms with E-state index in [1.807, 2.05) is 0 Å². The molecule has 1 nitrogen and oxygen atoms in total. The molecule has 0 amide bonds. The van der Waals surface area contributed by atoms with Gasteiger partial charge < -0.3 is 0 Å². The number of rotatable bonds is 2. The Kier molecular flexibility index (Phi) is 3.20. The minimum absolute atomic E-state index is 1.22. The monoisotopic (exact) mass is 399 g/mol. The van der Waals surface area contributed by atoms with E-state index >= 15 is 0 Å². The zero-order valence-corrected chi connectivity index (χ0v) is 12.8. The second-order valence-electron chi connectivity index (χ2n) is 3.72. The molecule has 0 bridgehead atoms. The van der Waals surface area contributed by atoms with Crippen molar-refractivity contribution in [3.8, 4) is 0 Å². The van der Waals surface area contributed by atoms with Gasteiger partial charge in [-0.2, -0.15) is 0 Å². The van der Waals surface area contributed by atoms with Crippen LogP contribution in [0.4, 0.5) is 0 Å². The number of hydrogen-bond acceptors (Lipinski definition) is 0. The first-order chi connectivity index (χ1) is 8.36. The summed E-state index contributed by atoms with van der Waals surface area (Å²) in [6.07, 6.45) is 2.15. The van der Waals surface area contributed by atoms with Gasteiger partial charge in [-0.1, -0.05) is 0 Å². The summed E-state index contributed by atoms with van der Waals surface area (Å²) in [5, 5.41) is 1.35. The molecule has 3 heteroatoms. The van der Waals surface area contributed by atoms with E-state index in [1.54, 1.807) is 0 Å². The number of hydrogen-bond donors (Lipinski definition) is 1. The van der Waals surface area contributed by atoms with Crippen LogP contribution in [-0.4, -0.2) is 4.98 Å². The molecule has 2 aromatic carbocycles. The summed E-state index contributed by atoms with van der Waals surface area (Å²) in [4.78, 5) is 3.35. The molecule has 0 spiro atoms. The summed E-state index contributed by atoms with van der Waals surface area (Å²) in [6.45, 7) is 0. The maximum atomic E-state index is 3.93. The van der Waals surface area contributed by atoms with E-state index < -0.39 is 17.6 Å². The Bertz CT molecular complexity index is 633. The third-order valence-corrected chi connectivity index (χ3v) is 10.9. The molecular weight excluding hydrogens is 389 g/mol. The number of nitrogens with one attached hydrogen (secondary N) is 1. The number of benzene rings is 2. The molecule has 3 rings (SSSR count). The van der Waals surface area contributed by atoms with E-state index in [4.69, 9.17) is 0 Å². The van der Waals surface area contributed by atoms with Crippen LogP contribution in [0.15, 0.2) is 60.8 Å². The molecule has 0 aliphatic heterocycles. The fourth-order valence-corrected chi connectivity index (χ4v) is 7.95. The maximum absolute atomic E-state index is 3.93. The Labute approximate surface area is 113 Å². The topological polar surface area (TPSA) is 15.8 Å². The number of aromatic nitrogens is 1. The summed E-state index contributed by atoms with van der Waals surface area (Å²) in [5.41, 5.74) is 1.22. The van der Waals surface area contributed by atoms with Crippen molar-refractivity contribution in [2.45, 2.75) is 0 Å². The molecule has 0 saturated heterocycles. The third kappa shape index (κ3) is 2.13. The van der Waals surface area contributed by atoms with Gasteiger partial charge in [0.25, 0.3) is 0 Å². The van der Waals surface area contributed by atoms with E-state index in [0.29, 0.717) is 0 Å². The van der Waals surface area contributed by atoms with Crippen LogP contribution in [0, 0.1) is 7.14 Å². The van der Waals surface area contributed by atoms with Crippen LogP contribution < -0.4 is 0 Å². The molecule has 17 heavy (non-hydrogen) atoms. The van der Waals surface area contributed by atoms with Crippen molar-refractivity contribution in [2.24, 2.45) is 0 Å². The summed E-state index contributed by atoms with van der Waals surface area (Å²) in [6, 6.07) is 19.2. The summed E-state index contributed by atoms with van der Waals surface area (Å²) in [5.74, 6) is 0. The molecule has 0 atom stereocenters. The van der Waals surface area contributed by atoms with Crippen LogP contribution in [0.2, 0.25) is 0 Å². The number of halogens is 2. The second-order valence-corrected chi connectivity index (χ2v) is 11.5. The molecule has 1 aromatic heterocycles. The first kappa shape index (κ1) is 11.3. The average molecular weight is 400 g/mol. The van der Waals surface area contributed by atoms with E-state index in [2.05, 4.69) is 78.5 Å². The van der Waals surface area contributed by atoms with Gasteiger partial charge in [0.2, 0.25) is 0 Å². The third-order valence-electron chi connectivity index (χ3n) is 2.64. The van der Waals surface area contributed by atoms with Crippen LogP contribution in [0.25, 0.3) is 10.9 Å². The molecule has 0 radical (unpaired) electrons. The van der Waals surface area contributed by atoms with Crippen molar-refractivity contribution >= 4 is 41.2 Å². The molecule has 0 saturated carbocycles. The average Bonchev–Trinajstić information content (AvgIpc) is 2.83. The molecular formula is C14H11BrIN. The van der Waals surface area contributed by atoms with Gasteiger partial charge in [-0.3, -0.25) is 0 Å². The molecule has 0 aliphatic rings. The van der Waals surface area contributed by atoms with Crippen molar-refractivity contribution < 1.29 is 0 Å². The molecule has 1 heterocycles. The van der Waals surface area contributed by atoms with Crippen molar-refractivity contribution in [1.82, 2.24) is 4.98 Å². The zero-order valence-electron chi connectivity index (χ0n) is 9.03. The van der Waals surface area contributed by atoms with Crippen LogP contribution in [0.3, 0.4) is 0 Å². The Morgan fingerprint density at radius 1 is 0.882 bits per heavy atom. The van der Waals surface area contributed by atoms with Gasteiger partial charge >= 0.3 is 114 Å². The van der Waals surface area contributed by atoms with Gasteiger partial charge in [0.1, 0.15) is 0 Å². The van der Waals surface area contributed by atoms with Crippen LogP contribution in [0.5, 0.6) is 0 Å². The summed E-state index contributed by atoms with van der Waals surface area (Å²) >= 11 is 2.50. The van der Waals surface area contributed by atoms with Crippen molar-refractivity contribution in [1.29, 1.82) is 0 Å². The zero-order chi connectivity index (χ0) is 11.7. The van der Waals surface area contributed by atoms with E-state index in [9.17, 15) is 0 Å². The first-order valence-corrected chi connectivity index (χ1v) is 12.3. The fraction of sp³-hybridized carbons (Fsp3) is 0. The Morgan fingerprint density at radius 2 is 1.59 bits per heavy atom. The summed E-state index contributed by atoms with van der Waals surface area (Å²) < 4.78 is 2.87. The first-order valence-electron chi connectivity index (χ1n) is 5.34. The van der Waals surface area contributed by atoms with Gasteiger partial charge in [0.05, 0.1) is 0 Å². The van der Waals surface area contributed by atoms with Crippen molar-refractivity contribution in [3.63, 3.8) is 0 Å². The van der Waals surface area contributed by atoms with E-state index in [1.165, 1.54) is 18.0 Å². The SMILES string of the molecule is BrI(c1ccccc1)c1c[nH]c2ccccc12. The van der Waals surface area contributed by atoms with Gasteiger partial charge in [-0.05, 0) is 0 Å². The summed E-state index contributed by atoms with van der Waals surface area (Å²) in [7, 11) is 0. The number of aromatic amines is 1. The molecule has 3 aromatic rings. The number of para-hydroxylation sites is 1. The van der Waals surface area contributed by atoms with Crippen LogP contribution in [0.1, 0.15) is 0 Å². The van der Waals surface area contributed by atoms with Crippen molar-refractivity contribution in [2.75, 3.05) is 0 Å². The van der Waals surface area contributed by atoms with Gasteiger partial charge in [0.15, 0.2) is 0 Å². The minimum atomic E-state index is -1.43. The number of fused-ring (bicyclic) bond motifs is 1. The number of H-pyrrole nitrogens is 1. The van der Waals surface area contributed by atoms with Gasteiger partial charge in [-0.15, -0.1) is 0 Å². The van der Waals surface area contributed by atoms with Crippen LogP contribution >= 0.6 is 30.3 Å². The standard InChI is InChI=1S/C14H11BrIN/c15-16(11-6-2-1-3-7-11)13-10-17-14-9-5-4-8-12(13)14/h1-10,17H. The Balaban J connectivity index is 2.10. The van der Waals surface area contributed by atoms with E-state index in [-0.39, 0.29) is 0 Å². The normalized spacial score (nSPS) is 11.7. The van der Waals surface area contributed by atoms with Crippen molar-refractivity contribution in [3.05, 3.63) is 67.9 Å². The van der Waals surface area contributed by atoms with E-state index in [0.717, 1.165) is 0 Å². The quantitative estimate of drug-likeness (QED) is 0.582. The predicted octanol–water partition coefficient (Wildman–Crippen LogP) is 5.02. The predicted molar refractivity (Wildman–Crippen MR) is 85.1 cm³/mol. The molecule has 1 N–H and O–H groups in total. The Hall–Kier alpha value is -0.810. The molecule has 0 unspecified atom stereocenters. The fourth-order valence-electron chi connectivity index (χ4n) is 1.82. The van der Waals surface area contributed by atoms with Crippen LogP contribution in [-0.2, 0) is 0 Å². The van der Waals surface area contributed by atoms with Gasteiger partial charge in [-0.25, -0.2) is 0 Å². The molecule has 86 valence electrons. The molecule has 0 aliphatic carbocycles. The molecule has 0 fully saturated rings. The van der Waals surface area contributed by atoms with Gasteiger partial charge in [0, 0.05) is 0 Å².